The SMILES string of the molecule is COc1cc(CNCc2ccnn2C)cc([N+](=O)[O-])c1. The molecule has 0 fully saturated rings. The van der Waals surface area contributed by atoms with Gasteiger partial charge in [0.1, 0.15) is 5.75 Å². The van der Waals surface area contributed by atoms with Crippen LogP contribution in [0.4, 0.5) is 5.69 Å². The van der Waals surface area contributed by atoms with Crippen molar-refractivity contribution in [3.8, 4) is 5.75 Å². The lowest BCUT2D eigenvalue weighted by Crippen LogP contribution is -2.15. The summed E-state index contributed by atoms with van der Waals surface area (Å²) in [5.74, 6) is 0.483. The highest BCUT2D eigenvalue weighted by atomic mass is 16.6. The molecule has 7 nitrogen and oxygen atoms in total. The molecule has 20 heavy (non-hydrogen) atoms. The summed E-state index contributed by atoms with van der Waals surface area (Å²) >= 11 is 0. The number of nitro groups is 1. The van der Waals surface area contributed by atoms with Gasteiger partial charge in [-0.05, 0) is 17.7 Å². The van der Waals surface area contributed by atoms with Gasteiger partial charge in [-0.15, -0.1) is 0 Å². The highest BCUT2D eigenvalue weighted by Crippen LogP contribution is 2.22. The van der Waals surface area contributed by atoms with Crippen molar-refractivity contribution in [1.29, 1.82) is 0 Å². The maximum atomic E-state index is 10.8. The van der Waals surface area contributed by atoms with Gasteiger partial charge in [0.05, 0.1) is 23.8 Å². The summed E-state index contributed by atoms with van der Waals surface area (Å²) in [5.41, 5.74) is 1.88. The molecule has 0 saturated carbocycles. The van der Waals surface area contributed by atoms with E-state index in [2.05, 4.69) is 10.4 Å². The molecule has 0 amide bonds. The zero-order chi connectivity index (χ0) is 14.5. The quantitative estimate of drug-likeness (QED) is 0.640. The number of aryl methyl sites for hydroxylation is 1. The van der Waals surface area contributed by atoms with E-state index in [0.29, 0.717) is 18.8 Å². The fraction of sp³-hybridized carbons (Fsp3) is 0.308. The van der Waals surface area contributed by atoms with E-state index in [4.69, 9.17) is 4.74 Å². The molecule has 7 heteroatoms. The number of aromatic nitrogens is 2. The highest BCUT2D eigenvalue weighted by Gasteiger charge is 2.10. The van der Waals surface area contributed by atoms with Crippen LogP contribution in [-0.2, 0) is 20.1 Å². The minimum atomic E-state index is -0.423. The van der Waals surface area contributed by atoms with E-state index in [1.165, 1.54) is 13.2 Å². The summed E-state index contributed by atoms with van der Waals surface area (Å²) < 4.78 is 6.85. The van der Waals surface area contributed by atoms with Crippen molar-refractivity contribution in [1.82, 2.24) is 15.1 Å². The third kappa shape index (κ3) is 3.33. The minimum absolute atomic E-state index is 0.0293. The average molecular weight is 276 g/mol. The van der Waals surface area contributed by atoms with Gasteiger partial charge in [0.15, 0.2) is 0 Å². The molecule has 0 saturated heterocycles. The van der Waals surface area contributed by atoms with Crippen molar-refractivity contribution < 1.29 is 9.66 Å². The monoisotopic (exact) mass is 276 g/mol. The molecule has 1 aromatic heterocycles. The second-order valence-electron chi connectivity index (χ2n) is 4.35. The topological polar surface area (TPSA) is 82.2 Å². The number of nitro benzene ring substituents is 1. The van der Waals surface area contributed by atoms with Crippen LogP contribution in [0.5, 0.6) is 5.75 Å². The lowest BCUT2D eigenvalue weighted by molar-refractivity contribution is -0.385. The maximum Gasteiger partial charge on any atom is 0.273 e. The van der Waals surface area contributed by atoms with Gasteiger partial charge in [-0.3, -0.25) is 14.8 Å². The standard InChI is InChI=1S/C13H16N4O3/c1-16-11(3-4-15-16)9-14-8-10-5-12(17(18)19)7-13(6-10)20-2/h3-7,14H,8-9H2,1-2H3. The molecule has 1 aromatic carbocycles. The summed E-state index contributed by atoms with van der Waals surface area (Å²) in [6, 6.07) is 6.65. The van der Waals surface area contributed by atoms with Gasteiger partial charge >= 0.3 is 0 Å². The first-order valence-corrected chi connectivity index (χ1v) is 6.10. The Hall–Kier alpha value is -2.41. The van der Waals surface area contributed by atoms with Crippen LogP contribution in [0.25, 0.3) is 0 Å². The van der Waals surface area contributed by atoms with E-state index in [1.807, 2.05) is 13.1 Å². The Kier molecular flexibility index (Phi) is 4.31. The third-order valence-electron chi connectivity index (χ3n) is 2.96. The van der Waals surface area contributed by atoms with Gasteiger partial charge in [-0.1, -0.05) is 0 Å². The molecule has 106 valence electrons. The van der Waals surface area contributed by atoms with Crippen LogP contribution in [-0.4, -0.2) is 21.8 Å². The van der Waals surface area contributed by atoms with Crippen molar-refractivity contribution in [2.45, 2.75) is 13.1 Å². The van der Waals surface area contributed by atoms with Crippen LogP contribution in [0, 0.1) is 10.1 Å². The Morgan fingerprint density at radius 2 is 2.20 bits per heavy atom. The van der Waals surface area contributed by atoms with Crippen LogP contribution in [0.1, 0.15) is 11.3 Å². The smallest absolute Gasteiger partial charge is 0.273 e. The van der Waals surface area contributed by atoms with Crippen LogP contribution >= 0.6 is 0 Å². The Labute approximate surface area is 116 Å². The van der Waals surface area contributed by atoms with Crippen LogP contribution in [0.15, 0.2) is 30.5 Å². The van der Waals surface area contributed by atoms with Crippen molar-refractivity contribution in [2.75, 3.05) is 7.11 Å². The zero-order valence-corrected chi connectivity index (χ0v) is 11.4. The molecule has 1 heterocycles. The van der Waals surface area contributed by atoms with Crippen molar-refractivity contribution >= 4 is 5.69 Å². The molecule has 0 aliphatic carbocycles. The number of benzene rings is 1. The van der Waals surface area contributed by atoms with E-state index in [1.54, 1.807) is 23.0 Å². The molecule has 0 spiro atoms. The Balaban J connectivity index is 2.03. The number of hydrogen-bond donors (Lipinski definition) is 1. The first-order chi connectivity index (χ1) is 9.60. The molecule has 0 aliphatic heterocycles. The second kappa shape index (κ2) is 6.16. The van der Waals surface area contributed by atoms with E-state index in [9.17, 15) is 10.1 Å². The summed E-state index contributed by atoms with van der Waals surface area (Å²) in [5, 5.41) is 18.1. The average Bonchev–Trinajstić information content (AvgIpc) is 2.84. The van der Waals surface area contributed by atoms with Gasteiger partial charge in [0.25, 0.3) is 5.69 Å². The summed E-state index contributed by atoms with van der Waals surface area (Å²) in [6.45, 7) is 1.16. The summed E-state index contributed by atoms with van der Waals surface area (Å²) in [6.07, 6.45) is 1.73. The Bertz CT molecular complexity index is 609. The molecule has 0 bridgehead atoms. The number of rotatable bonds is 6. The number of non-ortho nitro benzene ring substituents is 1. The molecule has 0 radical (unpaired) electrons. The van der Waals surface area contributed by atoms with Crippen LogP contribution in [0.2, 0.25) is 0 Å². The number of methoxy groups -OCH3 is 1. The predicted octanol–water partition coefficient (Wildman–Crippen LogP) is 1.63. The molecular weight excluding hydrogens is 260 g/mol. The first-order valence-electron chi connectivity index (χ1n) is 6.10. The van der Waals surface area contributed by atoms with E-state index >= 15 is 0 Å². The predicted molar refractivity (Wildman–Crippen MR) is 73.4 cm³/mol. The largest absolute Gasteiger partial charge is 0.496 e. The minimum Gasteiger partial charge on any atom is -0.496 e. The fourth-order valence-corrected chi connectivity index (χ4v) is 1.88. The lowest BCUT2D eigenvalue weighted by Gasteiger charge is -2.07. The number of ether oxygens (including phenoxy) is 1. The van der Waals surface area contributed by atoms with Crippen molar-refractivity contribution in [2.24, 2.45) is 7.05 Å². The normalized spacial score (nSPS) is 10.5. The van der Waals surface area contributed by atoms with E-state index < -0.39 is 4.92 Å². The third-order valence-corrected chi connectivity index (χ3v) is 2.96. The molecule has 0 atom stereocenters. The molecule has 0 aliphatic rings. The van der Waals surface area contributed by atoms with E-state index in [0.717, 1.165) is 11.3 Å². The number of nitrogens with zero attached hydrogens (tertiary/aromatic N) is 3. The van der Waals surface area contributed by atoms with Gasteiger partial charge in [-0.25, -0.2) is 0 Å². The second-order valence-corrected chi connectivity index (χ2v) is 4.35. The Morgan fingerprint density at radius 1 is 1.40 bits per heavy atom. The van der Waals surface area contributed by atoms with Gasteiger partial charge in [-0.2, -0.15) is 5.10 Å². The van der Waals surface area contributed by atoms with Crippen molar-refractivity contribution in [3.63, 3.8) is 0 Å². The van der Waals surface area contributed by atoms with E-state index in [-0.39, 0.29) is 5.69 Å². The molecule has 2 rings (SSSR count). The highest BCUT2D eigenvalue weighted by molar-refractivity contribution is 5.42. The lowest BCUT2D eigenvalue weighted by atomic mass is 10.2. The Morgan fingerprint density at radius 3 is 2.80 bits per heavy atom. The molecular formula is C13H16N4O3. The maximum absolute atomic E-state index is 10.8. The zero-order valence-electron chi connectivity index (χ0n) is 11.4. The molecule has 1 N–H and O–H groups in total. The van der Waals surface area contributed by atoms with Gasteiger partial charge < -0.3 is 10.1 Å². The van der Waals surface area contributed by atoms with Crippen LogP contribution in [0.3, 0.4) is 0 Å². The number of nitrogens with one attached hydrogen (secondary N) is 1. The van der Waals surface area contributed by atoms with Crippen LogP contribution < -0.4 is 10.1 Å². The fourth-order valence-electron chi connectivity index (χ4n) is 1.88. The molecule has 2 aromatic rings. The van der Waals surface area contributed by atoms with Crippen molar-refractivity contribution in [3.05, 3.63) is 51.8 Å². The first kappa shape index (κ1) is 14.0. The van der Waals surface area contributed by atoms with Gasteiger partial charge in [0.2, 0.25) is 0 Å². The van der Waals surface area contributed by atoms with Gasteiger partial charge in [0, 0.05) is 32.4 Å². The number of hydrogen-bond acceptors (Lipinski definition) is 5. The summed E-state index contributed by atoms with van der Waals surface area (Å²) in [4.78, 5) is 10.4. The summed E-state index contributed by atoms with van der Waals surface area (Å²) in [7, 11) is 3.36. The molecule has 0 unspecified atom stereocenters.